The van der Waals surface area contributed by atoms with Crippen LogP contribution in [0.5, 0.6) is 0 Å². The van der Waals surface area contributed by atoms with Crippen molar-refractivity contribution >= 4 is 11.7 Å². The Morgan fingerprint density at radius 3 is 2.83 bits per heavy atom. The van der Waals surface area contributed by atoms with Crippen LogP contribution < -0.4 is 4.90 Å². The molecule has 1 atom stereocenters. The average Bonchev–Trinajstić information content (AvgIpc) is 2.83. The fraction of sp³-hybridized carbons (Fsp3) is 0.571. The van der Waals surface area contributed by atoms with Crippen LogP contribution in [0.4, 0.5) is 5.82 Å². The summed E-state index contributed by atoms with van der Waals surface area (Å²) in [6.07, 6.45) is 3.90. The molecule has 4 heteroatoms. The zero-order valence-corrected chi connectivity index (χ0v) is 11.4. The van der Waals surface area contributed by atoms with Crippen LogP contribution in [0.15, 0.2) is 18.3 Å². The highest BCUT2D eigenvalue weighted by Gasteiger charge is 2.26. The first kappa shape index (κ1) is 12.9. The Bertz CT molecular complexity index is 416. The molecule has 0 aliphatic carbocycles. The Morgan fingerprint density at radius 1 is 1.56 bits per heavy atom. The minimum Gasteiger partial charge on any atom is -0.360 e. The van der Waals surface area contributed by atoms with Gasteiger partial charge in [0.15, 0.2) is 0 Å². The van der Waals surface area contributed by atoms with Crippen molar-refractivity contribution in [3.05, 3.63) is 23.9 Å². The number of carbonyl (C=O) groups is 1. The smallest absolute Gasteiger partial charge is 0.255 e. The second-order valence-corrected chi connectivity index (χ2v) is 4.91. The summed E-state index contributed by atoms with van der Waals surface area (Å²) in [6.45, 7) is 5.96. The quantitative estimate of drug-likeness (QED) is 0.821. The Morgan fingerprint density at radius 2 is 2.33 bits per heavy atom. The lowest BCUT2D eigenvalue weighted by Gasteiger charge is -2.21. The van der Waals surface area contributed by atoms with Gasteiger partial charge in [-0.25, -0.2) is 4.98 Å². The van der Waals surface area contributed by atoms with Gasteiger partial charge in [0.25, 0.3) is 5.91 Å². The number of likely N-dealkylation sites (tertiary alicyclic amines) is 1. The molecule has 1 aromatic heterocycles. The van der Waals surface area contributed by atoms with Crippen molar-refractivity contribution < 1.29 is 4.79 Å². The van der Waals surface area contributed by atoms with Crippen LogP contribution in [-0.2, 0) is 0 Å². The molecular weight excluding hydrogens is 226 g/mol. The zero-order valence-electron chi connectivity index (χ0n) is 11.4. The lowest BCUT2D eigenvalue weighted by Crippen LogP contribution is -2.33. The van der Waals surface area contributed by atoms with Crippen LogP contribution in [0.3, 0.4) is 0 Å². The molecule has 2 rings (SSSR count). The van der Waals surface area contributed by atoms with Gasteiger partial charge in [-0.15, -0.1) is 0 Å². The Hall–Kier alpha value is -1.58. The van der Waals surface area contributed by atoms with Crippen molar-refractivity contribution in [2.75, 3.05) is 25.0 Å². The van der Waals surface area contributed by atoms with E-state index in [0.29, 0.717) is 11.6 Å². The molecule has 0 radical (unpaired) electrons. The van der Waals surface area contributed by atoms with Gasteiger partial charge in [-0.2, -0.15) is 0 Å². The Kier molecular flexibility index (Phi) is 3.84. The van der Waals surface area contributed by atoms with Crippen LogP contribution in [0.25, 0.3) is 0 Å². The van der Waals surface area contributed by atoms with E-state index in [-0.39, 0.29) is 5.91 Å². The molecule has 1 fully saturated rings. The Labute approximate surface area is 109 Å². The van der Waals surface area contributed by atoms with Crippen molar-refractivity contribution in [1.82, 2.24) is 9.88 Å². The van der Waals surface area contributed by atoms with Crippen molar-refractivity contribution in [2.24, 2.45) is 0 Å². The van der Waals surface area contributed by atoms with Crippen LogP contribution >= 0.6 is 0 Å². The number of hydrogen-bond acceptors (Lipinski definition) is 3. The first-order valence-electron chi connectivity index (χ1n) is 6.61. The van der Waals surface area contributed by atoms with E-state index in [9.17, 15) is 4.79 Å². The van der Waals surface area contributed by atoms with E-state index in [0.717, 1.165) is 31.7 Å². The van der Waals surface area contributed by atoms with E-state index in [1.807, 2.05) is 29.0 Å². The molecule has 1 amide bonds. The number of aromatic nitrogens is 1. The maximum atomic E-state index is 12.3. The third kappa shape index (κ3) is 2.47. The molecule has 1 aliphatic rings. The second kappa shape index (κ2) is 5.38. The van der Waals surface area contributed by atoms with Crippen LogP contribution in [0.1, 0.15) is 37.0 Å². The first-order chi connectivity index (χ1) is 8.63. The molecule has 1 saturated heterocycles. The number of anilines is 1. The van der Waals surface area contributed by atoms with E-state index >= 15 is 0 Å². The van der Waals surface area contributed by atoms with Gasteiger partial charge < -0.3 is 9.80 Å². The molecular formula is C14H21N3O. The lowest BCUT2D eigenvalue weighted by molar-refractivity contribution is 0.0747. The van der Waals surface area contributed by atoms with E-state index in [1.165, 1.54) is 0 Å². The number of pyridine rings is 1. The van der Waals surface area contributed by atoms with Crippen LogP contribution in [-0.4, -0.2) is 42.0 Å². The SMILES string of the molecule is CCN(C)c1ccc(C(=O)N2CCCC2C)cn1. The summed E-state index contributed by atoms with van der Waals surface area (Å²) in [7, 11) is 1.99. The highest BCUT2D eigenvalue weighted by atomic mass is 16.2. The molecule has 1 aromatic rings. The molecule has 0 aromatic carbocycles. The summed E-state index contributed by atoms with van der Waals surface area (Å²) in [4.78, 5) is 20.6. The highest BCUT2D eigenvalue weighted by Crippen LogP contribution is 2.20. The van der Waals surface area contributed by atoms with Gasteiger partial charge in [-0.3, -0.25) is 4.79 Å². The fourth-order valence-corrected chi connectivity index (χ4v) is 2.30. The highest BCUT2D eigenvalue weighted by molar-refractivity contribution is 5.94. The summed E-state index contributed by atoms with van der Waals surface area (Å²) >= 11 is 0. The lowest BCUT2D eigenvalue weighted by atomic mass is 10.2. The number of rotatable bonds is 3. The molecule has 2 heterocycles. The van der Waals surface area contributed by atoms with Crippen LogP contribution in [0, 0.1) is 0 Å². The summed E-state index contributed by atoms with van der Waals surface area (Å²) in [6, 6.07) is 4.15. The van der Waals surface area contributed by atoms with Gasteiger partial charge in [0, 0.05) is 32.4 Å². The van der Waals surface area contributed by atoms with Gasteiger partial charge in [0.05, 0.1) is 5.56 Å². The largest absolute Gasteiger partial charge is 0.360 e. The van der Waals surface area contributed by atoms with E-state index < -0.39 is 0 Å². The predicted molar refractivity (Wildman–Crippen MR) is 72.9 cm³/mol. The van der Waals surface area contributed by atoms with Gasteiger partial charge in [0.1, 0.15) is 5.82 Å². The third-order valence-corrected chi connectivity index (χ3v) is 3.67. The molecule has 1 aliphatic heterocycles. The maximum absolute atomic E-state index is 12.3. The molecule has 0 spiro atoms. The molecule has 4 nitrogen and oxygen atoms in total. The molecule has 0 bridgehead atoms. The van der Waals surface area contributed by atoms with Crippen molar-refractivity contribution in [3.63, 3.8) is 0 Å². The van der Waals surface area contributed by atoms with Crippen molar-refractivity contribution in [1.29, 1.82) is 0 Å². The number of nitrogens with zero attached hydrogens (tertiary/aromatic N) is 3. The molecule has 18 heavy (non-hydrogen) atoms. The summed E-state index contributed by atoms with van der Waals surface area (Å²) in [5.74, 6) is 1.02. The maximum Gasteiger partial charge on any atom is 0.255 e. The molecule has 0 saturated carbocycles. The number of hydrogen-bond donors (Lipinski definition) is 0. The van der Waals surface area contributed by atoms with Gasteiger partial charge >= 0.3 is 0 Å². The van der Waals surface area contributed by atoms with Gasteiger partial charge in [-0.1, -0.05) is 0 Å². The summed E-state index contributed by atoms with van der Waals surface area (Å²) < 4.78 is 0. The number of amides is 1. The van der Waals surface area contributed by atoms with E-state index in [2.05, 4.69) is 18.8 Å². The normalized spacial score (nSPS) is 19.1. The van der Waals surface area contributed by atoms with Gasteiger partial charge in [0.2, 0.25) is 0 Å². The zero-order chi connectivity index (χ0) is 13.1. The minimum atomic E-state index is 0.109. The predicted octanol–water partition coefficient (Wildman–Crippen LogP) is 2.16. The fourth-order valence-electron chi connectivity index (χ4n) is 2.30. The summed E-state index contributed by atoms with van der Waals surface area (Å²) in [5.41, 5.74) is 0.692. The van der Waals surface area contributed by atoms with Crippen molar-refractivity contribution in [2.45, 2.75) is 32.7 Å². The monoisotopic (exact) mass is 247 g/mol. The number of carbonyl (C=O) groups excluding carboxylic acids is 1. The average molecular weight is 247 g/mol. The van der Waals surface area contributed by atoms with Gasteiger partial charge in [-0.05, 0) is 38.8 Å². The van der Waals surface area contributed by atoms with E-state index in [4.69, 9.17) is 0 Å². The molecule has 98 valence electrons. The van der Waals surface area contributed by atoms with Crippen LogP contribution in [0.2, 0.25) is 0 Å². The summed E-state index contributed by atoms with van der Waals surface area (Å²) in [5, 5.41) is 0. The molecule has 0 N–H and O–H groups in total. The Balaban J connectivity index is 2.12. The topological polar surface area (TPSA) is 36.4 Å². The molecule has 1 unspecified atom stereocenters. The van der Waals surface area contributed by atoms with E-state index in [1.54, 1.807) is 6.20 Å². The van der Waals surface area contributed by atoms with Crippen molar-refractivity contribution in [3.8, 4) is 0 Å². The minimum absolute atomic E-state index is 0.109. The third-order valence-electron chi connectivity index (χ3n) is 3.67. The first-order valence-corrected chi connectivity index (χ1v) is 6.61. The standard InChI is InChI=1S/C14H21N3O/c1-4-16(3)13-8-7-12(10-15-13)14(18)17-9-5-6-11(17)2/h7-8,10-11H,4-6,9H2,1-3H3. The second-order valence-electron chi connectivity index (χ2n) is 4.91.